The molecule has 8 heteroatoms. The van der Waals surface area contributed by atoms with Gasteiger partial charge in [-0.1, -0.05) is 25.7 Å². The molecule has 0 aliphatic carbocycles. The molecule has 0 saturated heterocycles. The highest BCUT2D eigenvalue weighted by atomic mass is 32.1. The van der Waals surface area contributed by atoms with E-state index >= 15 is 0 Å². The molecule has 0 amide bonds. The van der Waals surface area contributed by atoms with Crippen molar-refractivity contribution in [3.8, 4) is 6.07 Å². The second kappa shape index (κ2) is 8.63. The van der Waals surface area contributed by atoms with Gasteiger partial charge in [-0.05, 0) is 42.9 Å². The summed E-state index contributed by atoms with van der Waals surface area (Å²) in [6, 6.07) is 4.68. The van der Waals surface area contributed by atoms with E-state index in [-0.39, 0.29) is 16.5 Å². The highest BCUT2D eigenvalue weighted by Crippen LogP contribution is 2.34. The molecule has 3 nitrogen and oxygen atoms in total. The second-order valence-electron chi connectivity index (χ2n) is 5.31. The lowest BCUT2D eigenvalue weighted by molar-refractivity contribution is -0.137. The van der Waals surface area contributed by atoms with Gasteiger partial charge in [0.2, 0.25) is 0 Å². The summed E-state index contributed by atoms with van der Waals surface area (Å²) < 4.78 is 53.1. The maximum Gasteiger partial charge on any atom is 0.417 e. The van der Waals surface area contributed by atoms with E-state index in [9.17, 15) is 17.6 Å². The van der Waals surface area contributed by atoms with E-state index in [1.54, 1.807) is 0 Å². The van der Waals surface area contributed by atoms with Gasteiger partial charge in [-0.3, -0.25) is 0 Å². The van der Waals surface area contributed by atoms with Crippen molar-refractivity contribution in [2.75, 3.05) is 11.9 Å². The Labute approximate surface area is 154 Å². The molecule has 26 heavy (non-hydrogen) atoms. The second-order valence-corrected chi connectivity index (χ2v) is 5.70. The van der Waals surface area contributed by atoms with Gasteiger partial charge in [-0.2, -0.15) is 18.4 Å². The molecule has 0 unspecified atom stereocenters. The zero-order chi connectivity index (χ0) is 20.1. The van der Waals surface area contributed by atoms with Crippen LogP contribution in [0.4, 0.5) is 23.2 Å². The van der Waals surface area contributed by atoms with Crippen LogP contribution in [0.15, 0.2) is 54.5 Å². The largest absolute Gasteiger partial charge is 0.417 e. The van der Waals surface area contributed by atoms with E-state index in [2.05, 4.69) is 18.5 Å². The number of benzene rings is 1. The molecule has 0 aromatic heterocycles. The smallest absolute Gasteiger partial charge is 0.330 e. The molecule has 1 aromatic carbocycles. The first-order valence-corrected chi connectivity index (χ1v) is 7.82. The first kappa shape index (κ1) is 21.4. The molecule has 0 spiro atoms. The first-order valence-electron chi connectivity index (χ1n) is 7.41. The van der Waals surface area contributed by atoms with Crippen LogP contribution in [-0.4, -0.2) is 12.2 Å². The van der Waals surface area contributed by atoms with E-state index in [0.29, 0.717) is 12.0 Å². The summed E-state index contributed by atoms with van der Waals surface area (Å²) in [5.74, 6) is -0.677. The van der Waals surface area contributed by atoms with Gasteiger partial charge in [0.15, 0.2) is 5.11 Å². The average molecular weight is 383 g/mol. The van der Waals surface area contributed by atoms with E-state index in [1.807, 2.05) is 6.92 Å². The van der Waals surface area contributed by atoms with Crippen LogP contribution in [0.3, 0.4) is 0 Å². The standard InChI is InChI=1S/C18H17F4N3S/c1-5-11(2)8-16(19)12(3)24-17(26)25(4)14-7-6-13(10-23)15(9-14)18(20,21)22/h6-9H,2-3,5H2,1,4H3,(H,24,26)/b16-8+. The molecule has 0 aliphatic heterocycles. The van der Waals surface area contributed by atoms with Crippen LogP contribution in [0.5, 0.6) is 0 Å². The van der Waals surface area contributed by atoms with E-state index < -0.39 is 23.1 Å². The molecule has 0 radical (unpaired) electrons. The number of nitriles is 1. The first-order chi connectivity index (χ1) is 12.0. The molecule has 1 rings (SSSR count). The van der Waals surface area contributed by atoms with Crippen LogP contribution < -0.4 is 10.2 Å². The van der Waals surface area contributed by atoms with Gasteiger partial charge < -0.3 is 10.2 Å². The summed E-state index contributed by atoms with van der Waals surface area (Å²) >= 11 is 5.09. The SMILES string of the molecule is C=C(/C=C(/F)C(=C)NC(=S)N(C)c1ccc(C#N)c(C(F)(F)F)c1)CC. The van der Waals surface area contributed by atoms with Gasteiger partial charge in [0, 0.05) is 12.7 Å². The molecule has 0 heterocycles. The fourth-order valence-electron chi connectivity index (χ4n) is 1.83. The van der Waals surface area contributed by atoms with Crippen LogP contribution in [0.25, 0.3) is 0 Å². The summed E-state index contributed by atoms with van der Waals surface area (Å²) in [4.78, 5) is 1.22. The van der Waals surface area contributed by atoms with E-state index in [0.717, 1.165) is 12.1 Å². The van der Waals surface area contributed by atoms with Crippen molar-refractivity contribution in [1.82, 2.24) is 5.32 Å². The lowest BCUT2D eigenvalue weighted by Gasteiger charge is -2.23. The third kappa shape index (κ3) is 5.43. The third-order valence-electron chi connectivity index (χ3n) is 3.45. The Kier molecular flexibility index (Phi) is 7.10. The van der Waals surface area contributed by atoms with Crippen molar-refractivity contribution >= 4 is 23.0 Å². The predicted octanol–water partition coefficient (Wildman–Crippen LogP) is 5.22. The molecule has 0 fully saturated rings. The Bertz CT molecular complexity index is 804. The lowest BCUT2D eigenvalue weighted by Crippen LogP contribution is -2.36. The fourth-order valence-corrected chi connectivity index (χ4v) is 2.06. The number of halogens is 4. The van der Waals surface area contributed by atoms with Gasteiger partial charge in [-0.25, -0.2) is 4.39 Å². The van der Waals surface area contributed by atoms with Crippen LogP contribution in [0, 0.1) is 11.3 Å². The topological polar surface area (TPSA) is 39.1 Å². The van der Waals surface area contributed by atoms with Gasteiger partial charge >= 0.3 is 6.18 Å². The number of thiocarbonyl (C=S) groups is 1. The van der Waals surface area contributed by atoms with Crippen molar-refractivity contribution in [2.24, 2.45) is 0 Å². The number of alkyl halides is 3. The molecule has 0 bridgehead atoms. The average Bonchev–Trinajstić information content (AvgIpc) is 2.59. The fraction of sp³-hybridized carbons (Fsp3) is 0.222. The number of nitrogens with one attached hydrogen (secondary N) is 1. The van der Waals surface area contributed by atoms with Crippen molar-refractivity contribution in [1.29, 1.82) is 5.26 Å². The molecule has 0 saturated carbocycles. The van der Waals surface area contributed by atoms with Crippen molar-refractivity contribution in [3.05, 3.63) is 65.7 Å². The highest BCUT2D eigenvalue weighted by Gasteiger charge is 2.34. The normalized spacial score (nSPS) is 11.5. The van der Waals surface area contributed by atoms with Gasteiger partial charge in [-0.15, -0.1) is 0 Å². The molecule has 1 N–H and O–H groups in total. The van der Waals surface area contributed by atoms with Crippen LogP contribution >= 0.6 is 12.2 Å². The molecular formula is C18H17F4N3S. The van der Waals surface area contributed by atoms with E-state index in [1.165, 1.54) is 30.2 Å². The summed E-state index contributed by atoms with van der Waals surface area (Å²) in [5, 5.41) is 11.3. The monoisotopic (exact) mass is 383 g/mol. The lowest BCUT2D eigenvalue weighted by atomic mass is 10.1. The summed E-state index contributed by atoms with van der Waals surface area (Å²) in [7, 11) is 1.41. The van der Waals surface area contributed by atoms with Crippen molar-refractivity contribution < 1.29 is 17.6 Å². The van der Waals surface area contributed by atoms with E-state index in [4.69, 9.17) is 17.5 Å². The van der Waals surface area contributed by atoms with Gasteiger partial charge in [0.1, 0.15) is 5.83 Å². The van der Waals surface area contributed by atoms with Crippen LogP contribution in [0.1, 0.15) is 24.5 Å². The Morgan fingerprint density at radius 3 is 2.50 bits per heavy atom. The highest BCUT2D eigenvalue weighted by molar-refractivity contribution is 7.80. The third-order valence-corrected chi connectivity index (χ3v) is 3.83. The minimum atomic E-state index is -4.68. The molecule has 1 aromatic rings. The zero-order valence-electron chi connectivity index (χ0n) is 14.2. The maximum atomic E-state index is 14.0. The summed E-state index contributed by atoms with van der Waals surface area (Å²) in [6.07, 6.45) is -2.94. The maximum absolute atomic E-state index is 14.0. The number of hydrogen-bond acceptors (Lipinski definition) is 2. The minimum absolute atomic E-state index is 0.0570. The van der Waals surface area contributed by atoms with Crippen LogP contribution in [-0.2, 0) is 6.18 Å². The zero-order valence-corrected chi connectivity index (χ0v) is 15.1. The molecule has 0 aliphatic rings. The Morgan fingerprint density at radius 1 is 1.38 bits per heavy atom. The summed E-state index contributed by atoms with van der Waals surface area (Å²) in [6.45, 7) is 8.96. The Morgan fingerprint density at radius 2 is 2.00 bits per heavy atom. The quantitative estimate of drug-likeness (QED) is 0.430. The minimum Gasteiger partial charge on any atom is -0.330 e. The number of nitrogens with zero attached hydrogens (tertiary/aromatic N) is 2. The Hall–Kier alpha value is -2.66. The molecule has 138 valence electrons. The number of hydrogen-bond donors (Lipinski definition) is 1. The number of rotatable bonds is 5. The van der Waals surface area contributed by atoms with Crippen LogP contribution in [0.2, 0.25) is 0 Å². The van der Waals surface area contributed by atoms with Gasteiger partial charge in [0.05, 0.1) is 22.9 Å². The number of anilines is 1. The molecule has 0 atom stereocenters. The van der Waals surface area contributed by atoms with Crippen molar-refractivity contribution in [3.63, 3.8) is 0 Å². The number of allylic oxidation sites excluding steroid dienone is 3. The predicted molar refractivity (Wildman–Crippen MR) is 98.1 cm³/mol. The Balaban J connectivity index is 3.03. The van der Waals surface area contributed by atoms with Gasteiger partial charge in [0.25, 0.3) is 0 Å². The molecular weight excluding hydrogens is 366 g/mol. The van der Waals surface area contributed by atoms with Crippen molar-refractivity contribution in [2.45, 2.75) is 19.5 Å². The summed E-state index contributed by atoms with van der Waals surface area (Å²) in [5.41, 5.74) is -1.07.